The first kappa shape index (κ1) is 33.6. The molecule has 0 radical (unpaired) electrons. The first-order valence-electron chi connectivity index (χ1n) is 19.9. The van der Waals surface area contributed by atoms with Crippen molar-refractivity contribution >= 4 is 60.4 Å². The van der Waals surface area contributed by atoms with Gasteiger partial charge in [0.25, 0.3) is 0 Å². The van der Waals surface area contributed by atoms with Gasteiger partial charge in [0.05, 0.1) is 11.0 Å². The predicted octanol–water partition coefficient (Wildman–Crippen LogP) is 15.6. The van der Waals surface area contributed by atoms with Crippen molar-refractivity contribution in [3.63, 3.8) is 0 Å². The molecule has 272 valence electrons. The summed E-state index contributed by atoms with van der Waals surface area (Å²) in [6.07, 6.45) is 0. The molecule has 10 aromatic carbocycles. The number of para-hydroxylation sites is 1. The van der Waals surface area contributed by atoms with E-state index in [1.165, 1.54) is 76.7 Å². The van der Waals surface area contributed by atoms with Crippen LogP contribution in [0.1, 0.15) is 0 Å². The molecule has 11 rings (SSSR count). The Morgan fingerprint density at radius 3 is 1.59 bits per heavy atom. The average molecular weight is 739 g/mol. The van der Waals surface area contributed by atoms with Gasteiger partial charge < -0.3 is 9.47 Å². The van der Waals surface area contributed by atoms with Crippen LogP contribution in [0.15, 0.2) is 231 Å². The van der Waals surface area contributed by atoms with E-state index in [2.05, 4.69) is 240 Å². The highest BCUT2D eigenvalue weighted by atomic mass is 15.1. The molecule has 0 aliphatic rings. The van der Waals surface area contributed by atoms with Crippen molar-refractivity contribution in [2.24, 2.45) is 0 Å². The van der Waals surface area contributed by atoms with E-state index in [-0.39, 0.29) is 0 Å². The molecule has 0 N–H and O–H groups in total. The fourth-order valence-electron chi connectivity index (χ4n) is 8.78. The third kappa shape index (κ3) is 5.82. The van der Waals surface area contributed by atoms with Crippen LogP contribution in [0, 0.1) is 0 Å². The Hall–Kier alpha value is -7.68. The van der Waals surface area contributed by atoms with E-state index in [0.717, 1.165) is 22.7 Å². The van der Waals surface area contributed by atoms with Gasteiger partial charge in [-0.15, -0.1) is 0 Å². The number of benzene rings is 10. The zero-order valence-electron chi connectivity index (χ0n) is 31.8. The van der Waals surface area contributed by atoms with Gasteiger partial charge in [-0.05, 0) is 104 Å². The number of rotatable bonds is 7. The second-order valence-electron chi connectivity index (χ2n) is 15.0. The SMILES string of the molecule is c1ccc(-c2cccc(N(c3ccc(-c4ccc5c6ccc7ccccc7c6n(-c6ccccc6)c5c4)cc3)c3ccc(-c4cccc5ccccc45)cc3)c2)cc1. The first-order valence-corrected chi connectivity index (χ1v) is 19.9. The minimum absolute atomic E-state index is 1.10. The van der Waals surface area contributed by atoms with Crippen LogP contribution in [-0.2, 0) is 0 Å². The third-order valence-corrected chi connectivity index (χ3v) is 11.6. The molecule has 0 saturated carbocycles. The summed E-state index contributed by atoms with van der Waals surface area (Å²) in [4.78, 5) is 2.37. The molecule has 1 aromatic heterocycles. The molecular formula is C56H38N2. The van der Waals surface area contributed by atoms with Gasteiger partial charge in [0.2, 0.25) is 0 Å². The van der Waals surface area contributed by atoms with Crippen LogP contribution in [0.5, 0.6) is 0 Å². The molecule has 0 saturated heterocycles. The van der Waals surface area contributed by atoms with Gasteiger partial charge in [0.1, 0.15) is 0 Å². The van der Waals surface area contributed by atoms with Crippen molar-refractivity contribution in [1.29, 1.82) is 0 Å². The normalized spacial score (nSPS) is 11.4. The smallest absolute Gasteiger partial charge is 0.0619 e. The van der Waals surface area contributed by atoms with Crippen molar-refractivity contribution in [3.8, 4) is 39.1 Å². The standard InChI is InChI=1S/C56H38N2/c1-3-13-39(14-4-1)44-18-11-21-49(37-44)57(48-33-27-43(28-34-48)51-24-12-17-41-15-7-9-22-50(41)51)47-31-25-40(26-32-47)45-30-35-53-54-36-29-42-16-8-10-23-52(42)56(54)58(55(53)38-45)46-19-5-2-6-20-46/h1-38H. The summed E-state index contributed by atoms with van der Waals surface area (Å²) >= 11 is 0. The summed E-state index contributed by atoms with van der Waals surface area (Å²) in [5.74, 6) is 0. The molecule has 2 nitrogen and oxygen atoms in total. The Morgan fingerprint density at radius 2 is 0.828 bits per heavy atom. The summed E-state index contributed by atoms with van der Waals surface area (Å²) in [6.45, 7) is 0. The number of hydrogen-bond acceptors (Lipinski definition) is 1. The molecule has 0 unspecified atom stereocenters. The van der Waals surface area contributed by atoms with E-state index >= 15 is 0 Å². The molecule has 0 bridgehead atoms. The van der Waals surface area contributed by atoms with Crippen molar-refractivity contribution in [2.75, 3.05) is 4.90 Å². The maximum atomic E-state index is 2.44. The predicted molar refractivity (Wildman–Crippen MR) is 247 cm³/mol. The van der Waals surface area contributed by atoms with Gasteiger partial charge in [-0.2, -0.15) is 0 Å². The zero-order chi connectivity index (χ0) is 38.4. The topological polar surface area (TPSA) is 8.17 Å². The molecule has 0 fully saturated rings. The number of nitrogens with zero attached hydrogens (tertiary/aromatic N) is 2. The second-order valence-corrected chi connectivity index (χ2v) is 15.0. The largest absolute Gasteiger partial charge is 0.310 e. The highest BCUT2D eigenvalue weighted by molar-refractivity contribution is 6.19. The molecule has 0 aliphatic heterocycles. The molecule has 2 heteroatoms. The van der Waals surface area contributed by atoms with Crippen molar-refractivity contribution < 1.29 is 0 Å². The van der Waals surface area contributed by atoms with E-state index < -0.39 is 0 Å². The van der Waals surface area contributed by atoms with Crippen LogP contribution in [-0.4, -0.2) is 4.57 Å². The fraction of sp³-hybridized carbons (Fsp3) is 0. The zero-order valence-corrected chi connectivity index (χ0v) is 31.8. The first-order chi connectivity index (χ1) is 28.8. The summed E-state index contributed by atoms with van der Waals surface area (Å²) < 4.78 is 2.44. The summed E-state index contributed by atoms with van der Waals surface area (Å²) in [7, 11) is 0. The Morgan fingerprint density at radius 1 is 0.293 bits per heavy atom. The van der Waals surface area contributed by atoms with E-state index in [9.17, 15) is 0 Å². The van der Waals surface area contributed by atoms with Crippen molar-refractivity contribution in [1.82, 2.24) is 4.57 Å². The van der Waals surface area contributed by atoms with Gasteiger partial charge in [-0.3, -0.25) is 0 Å². The van der Waals surface area contributed by atoms with Crippen LogP contribution in [0.3, 0.4) is 0 Å². The molecule has 1 heterocycles. The molecule has 0 spiro atoms. The highest BCUT2D eigenvalue weighted by Gasteiger charge is 2.18. The van der Waals surface area contributed by atoms with E-state index in [1.807, 2.05) is 0 Å². The summed E-state index contributed by atoms with van der Waals surface area (Å²) in [5, 5.41) is 7.52. The van der Waals surface area contributed by atoms with Crippen LogP contribution in [0.4, 0.5) is 17.1 Å². The minimum Gasteiger partial charge on any atom is -0.310 e. The Labute approximate surface area is 338 Å². The lowest BCUT2D eigenvalue weighted by Gasteiger charge is -2.26. The van der Waals surface area contributed by atoms with Crippen LogP contribution >= 0.6 is 0 Å². The van der Waals surface area contributed by atoms with Crippen LogP contribution < -0.4 is 4.90 Å². The lowest BCUT2D eigenvalue weighted by Crippen LogP contribution is -2.10. The Bertz CT molecular complexity index is 3250. The van der Waals surface area contributed by atoms with E-state index in [1.54, 1.807) is 0 Å². The van der Waals surface area contributed by atoms with Gasteiger partial charge in [-0.25, -0.2) is 0 Å². The average Bonchev–Trinajstić information content (AvgIpc) is 3.64. The second kappa shape index (κ2) is 14.1. The fourth-order valence-corrected chi connectivity index (χ4v) is 8.78. The molecule has 0 atom stereocenters. The van der Waals surface area contributed by atoms with Crippen LogP contribution in [0.25, 0.3) is 82.4 Å². The minimum atomic E-state index is 1.10. The molecule has 58 heavy (non-hydrogen) atoms. The number of aromatic nitrogens is 1. The van der Waals surface area contributed by atoms with Gasteiger partial charge in [0, 0.05) is 38.9 Å². The van der Waals surface area contributed by atoms with E-state index in [4.69, 9.17) is 0 Å². The Balaban J connectivity index is 1.02. The lowest BCUT2D eigenvalue weighted by atomic mass is 9.98. The molecule has 0 amide bonds. The van der Waals surface area contributed by atoms with Gasteiger partial charge >= 0.3 is 0 Å². The number of anilines is 3. The summed E-state index contributed by atoms with van der Waals surface area (Å²) in [6, 6.07) is 83.6. The van der Waals surface area contributed by atoms with Crippen molar-refractivity contribution in [3.05, 3.63) is 231 Å². The number of hydrogen-bond donors (Lipinski definition) is 0. The number of fused-ring (bicyclic) bond motifs is 6. The molecule has 11 aromatic rings. The lowest BCUT2D eigenvalue weighted by molar-refractivity contribution is 1.19. The van der Waals surface area contributed by atoms with Gasteiger partial charge in [-0.1, -0.05) is 176 Å². The maximum Gasteiger partial charge on any atom is 0.0619 e. The molecule has 0 aliphatic carbocycles. The quantitative estimate of drug-likeness (QED) is 0.158. The maximum absolute atomic E-state index is 2.44. The van der Waals surface area contributed by atoms with Crippen LogP contribution in [0.2, 0.25) is 0 Å². The van der Waals surface area contributed by atoms with E-state index in [0.29, 0.717) is 0 Å². The highest BCUT2D eigenvalue weighted by Crippen LogP contribution is 2.41. The third-order valence-electron chi connectivity index (χ3n) is 11.6. The molecular weight excluding hydrogens is 701 g/mol. The monoisotopic (exact) mass is 738 g/mol. The Kier molecular flexibility index (Phi) is 8.19. The van der Waals surface area contributed by atoms with Crippen molar-refractivity contribution in [2.45, 2.75) is 0 Å². The summed E-state index contributed by atoms with van der Waals surface area (Å²) in [5.41, 5.74) is 14.1. The van der Waals surface area contributed by atoms with Gasteiger partial charge in [0.15, 0.2) is 0 Å².